The largest absolute Gasteiger partial charge is 0.300 e. The second kappa shape index (κ2) is 3.75. The summed E-state index contributed by atoms with van der Waals surface area (Å²) < 4.78 is 0. The third-order valence-corrected chi connectivity index (χ3v) is 2.59. The lowest BCUT2D eigenvalue weighted by Crippen LogP contribution is -2.37. The minimum atomic E-state index is 0.405. The van der Waals surface area contributed by atoms with Crippen LogP contribution in [-0.4, -0.2) is 30.7 Å². The average molecular weight is 170 g/mol. The van der Waals surface area contributed by atoms with Gasteiger partial charge in [-0.25, -0.2) is 0 Å². The van der Waals surface area contributed by atoms with E-state index in [1.807, 2.05) is 0 Å². The standard InChI is InChI=1S/C10H22N2/c1-5-6-12-7-9(11-8-12)10(2,3)4/h9,11H,5-8H2,1-4H3. The monoisotopic (exact) mass is 170 g/mol. The summed E-state index contributed by atoms with van der Waals surface area (Å²) in [6.45, 7) is 12.7. The third-order valence-electron chi connectivity index (χ3n) is 2.59. The zero-order chi connectivity index (χ0) is 9.19. The maximum absolute atomic E-state index is 3.56. The summed E-state index contributed by atoms with van der Waals surface area (Å²) in [4.78, 5) is 2.50. The predicted molar refractivity (Wildman–Crippen MR) is 53.1 cm³/mol. The van der Waals surface area contributed by atoms with E-state index in [4.69, 9.17) is 0 Å². The van der Waals surface area contributed by atoms with E-state index in [0.717, 1.165) is 6.67 Å². The molecule has 72 valence electrons. The Bertz CT molecular complexity index is 137. The second-order valence-corrected chi connectivity index (χ2v) is 4.86. The summed E-state index contributed by atoms with van der Waals surface area (Å²) >= 11 is 0. The molecule has 1 N–H and O–H groups in total. The summed E-state index contributed by atoms with van der Waals surface area (Å²) in [5.74, 6) is 0. The molecule has 0 aromatic carbocycles. The van der Waals surface area contributed by atoms with Crippen molar-refractivity contribution in [3.63, 3.8) is 0 Å². The fraction of sp³-hybridized carbons (Fsp3) is 1.00. The van der Waals surface area contributed by atoms with Crippen molar-refractivity contribution in [2.45, 2.75) is 40.2 Å². The van der Waals surface area contributed by atoms with Crippen LogP contribution < -0.4 is 5.32 Å². The zero-order valence-electron chi connectivity index (χ0n) is 8.85. The van der Waals surface area contributed by atoms with Gasteiger partial charge in [0.2, 0.25) is 0 Å². The van der Waals surface area contributed by atoms with Gasteiger partial charge in [-0.2, -0.15) is 0 Å². The maximum atomic E-state index is 3.56. The van der Waals surface area contributed by atoms with Gasteiger partial charge in [-0.1, -0.05) is 27.7 Å². The van der Waals surface area contributed by atoms with Crippen LogP contribution in [0.15, 0.2) is 0 Å². The maximum Gasteiger partial charge on any atom is 0.0483 e. The first-order valence-electron chi connectivity index (χ1n) is 4.99. The molecule has 0 amide bonds. The highest BCUT2D eigenvalue weighted by molar-refractivity contribution is 4.87. The summed E-state index contributed by atoms with van der Waals surface area (Å²) in [7, 11) is 0. The first kappa shape index (κ1) is 10.0. The molecule has 0 radical (unpaired) electrons. The molecule has 2 heteroatoms. The van der Waals surface area contributed by atoms with Crippen LogP contribution in [0.3, 0.4) is 0 Å². The molecule has 0 bridgehead atoms. The molecule has 1 rings (SSSR count). The van der Waals surface area contributed by atoms with Gasteiger partial charge in [0.05, 0.1) is 0 Å². The third kappa shape index (κ3) is 2.46. The molecule has 1 aliphatic rings. The van der Waals surface area contributed by atoms with Gasteiger partial charge in [-0.05, 0) is 18.4 Å². The molecule has 0 aromatic rings. The molecule has 1 saturated heterocycles. The van der Waals surface area contributed by atoms with Gasteiger partial charge >= 0.3 is 0 Å². The Kier molecular flexibility index (Phi) is 3.13. The molecule has 1 unspecified atom stereocenters. The molecule has 0 aliphatic carbocycles. The minimum absolute atomic E-state index is 0.405. The molecular formula is C10H22N2. The van der Waals surface area contributed by atoms with Crippen LogP contribution in [0.1, 0.15) is 34.1 Å². The topological polar surface area (TPSA) is 15.3 Å². The summed E-state index contributed by atoms with van der Waals surface area (Å²) in [5, 5.41) is 3.56. The van der Waals surface area contributed by atoms with E-state index < -0.39 is 0 Å². The molecule has 0 aromatic heterocycles. The highest BCUT2D eigenvalue weighted by Gasteiger charge is 2.30. The number of nitrogens with one attached hydrogen (secondary N) is 1. The molecule has 1 fully saturated rings. The SMILES string of the molecule is CCCN1CNC(C(C)(C)C)C1. The van der Waals surface area contributed by atoms with Gasteiger partial charge in [0, 0.05) is 19.3 Å². The lowest BCUT2D eigenvalue weighted by atomic mass is 9.87. The smallest absolute Gasteiger partial charge is 0.0483 e. The van der Waals surface area contributed by atoms with Crippen molar-refractivity contribution in [1.29, 1.82) is 0 Å². The van der Waals surface area contributed by atoms with Crippen molar-refractivity contribution >= 4 is 0 Å². The number of hydrogen-bond donors (Lipinski definition) is 1. The zero-order valence-corrected chi connectivity index (χ0v) is 8.85. The van der Waals surface area contributed by atoms with Crippen LogP contribution in [0.2, 0.25) is 0 Å². The van der Waals surface area contributed by atoms with Crippen molar-refractivity contribution in [3.8, 4) is 0 Å². The van der Waals surface area contributed by atoms with Crippen molar-refractivity contribution in [3.05, 3.63) is 0 Å². The summed E-state index contributed by atoms with van der Waals surface area (Å²) in [6, 6.07) is 0.670. The molecule has 1 aliphatic heterocycles. The van der Waals surface area contributed by atoms with E-state index in [2.05, 4.69) is 37.9 Å². The van der Waals surface area contributed by atoms with Crippen molar-refractivity contribution in [1.82, 2.24) is 10.2 Å². The van der Waals surface area contributed by atoms with Gasteiger partial charge in [-0.15, -0.1) is 0 Å². The fourth-order valence-electron chi connectivity index (χ4n) is 1.69. The molecule has 1 heterocycles. The Morgan fingerprint density at radius 3 is 2.50 bits per heavy atom. The van der Waals surface area contributed by atoms with Crippen LogP contribution >= 0.6 is 0 Å². The second-order valence-electron chi connectivity index (χ2n) is 4.86. The van der Waals surface area contributed by atoms with Crippen molar-refractivity contribution in [2.24, 2.45) is 5.41 Å². The van der Waals surface area contributed by atoms with Crippen LogP contribution in [0.25, 0.3) is 0 Å². The number of rotatable bonds is 2. The lowest BCUT2D eigenvalue weighted by Gasteiger charge is -2.26. The van der Waals surface area contributed by atoms with E-state index in [1.165, 1.54) is 19.5 Å². The normalized spacial score (nSPS) is 26.5. The molecule has 0 saturated carbocycles. The quantitative estimate of drug-likeness (QED) is 0.678. The Hall–Kier alpha value is -0.0800. The van der Waals surface area contributed by atoms with Crippen LogP contribution in [-0.2, 0) is 0 Å². The molecular weight excluding hydrogens is 148 g/mol. The first-order chi connectivity index (χ1) is 5.54. The van der Waals surface area contributed by atoms with E-state index in [0.29, 0.717) is 11.5 Å². The van der Waals surface area contributed by atoms with E-state index in [-0.39, 0.29) is 0 Å². The van der Waals surface area contributed by atoms with Crippen LogP contribution in [0, 0.1) is 5.41 Å². The van der Waals surface area contributed by atoms with Crippen LogP contribution in [0.5, 0.6) is 0 Å². The number of hydrogen-bond acceptors (Lipinski definition) is 2. The Balaban J connectivity index is 2.35. The lowest BCUT2D eigenvalue weighted by molar-refractivity contribution is 0.278. The summed E-state index contributed by atoms with van der Waals surface area (Å²) in [5.41, 5.74) is 0.405. The molecule has 0 spiro atoms. The van der Waals surface area contributed by atoms with Gasteiger partial charge in [-0.3, -0.25) is 10.2 Å². The fourth-order valence-corrected chi connectivity index (χ4v) is 1.69. The van der Waals surface area contributed by atoms with E-state index >= 15 is 0 Å². The minimum Gasteiger partial charge on any atom is -0.300 e. The molecule has 2 nitrogen and oxygen atoms in total. The summed E-state index contributed by atoms with van der Waals surface area (Å²) in [6.07, 6.45) is 1.26. The number of nitrogens with zero attached hydrogens (tertiary/aromatic N) is 1. The average Bonchev–Trinajstić information content (AvgIpc) is 2.35. The Morgan fingerprint density at radius 2 is 2.08 bits per heavy atom. The predicted octanol–water partition coefficient (Wildman–Crippen LogP) is 1.67. The first-order valence-corrected chi connectivity index (χ1v) is 4.99. The van der Waals surface area contributed by atoms with Gasteiger partial charge < -0.3 is 0 Å². The Morgan fingerprint density at radius 1 is 1.42 bits per heavy atom. The van der Waals surface area contributed by atoms with Crippen LogP contribution in [0.4, 0.5) is 0 Å². The van der Waals surface area contributed by atoms with E-state index in [9.17, 15) is 0 Å². The van der Waals surface area contributed by atoms with Crippen molar-refractivity contribution in [2.75, 3.05) is 19.8 Å². The Labute approximate surface area is 76.3 Å². The van der Waals surface area contributed by atoms with Crippen molar-refractivity contribution < 1.29 is 0 Å². The van der Waals surface area contributed by atoms with Gasteiger partial charge in [0.15, 0.2) is 0 Å². The van der Waals surface area contributed by atoms with Gasteiger partial charge in [0.1, 0.15) is 0 Å². The highest BCUT2D eigenvalue weighted by Crippen LogP contribution is 2.22. The molecule has 1 atom stereocenters. The van der Waals surface area contributed by atoms with Gasteiger partial charge in [0.25, 0.3) is 0 Å². The van der Waals surface area contributed by atoms with E-state index in [1.54, 1.807) is 0 Å². The highest BCUT2D eigenvalue weighted by atomic mass is 15.3. The molecule has 12 heavy (non-hydrogen) atoms.